The summed E-state index contributed by atoms with van der Waals surface area (Å²) in [5, 5.41) is 2.84. The minimum absolute atomic E-state index is 0.105. The second-order valence-electron chi connectivity index (χ2n) is 4.00. The molecule has 1 N–H and O–H groups in total. The Morgan fingerprint density at radius 2 is 1.94 bits per heavy atom. The smallest absolute Gasteiger partial charge is 0.251 e. The number of amides is 1. The van der Waals surface area contributed by atoms with E-state index in [4.69, 9.17) is 0 Å². The van der Waals surface area contributed by atoms with Gasteiger partial charge in [-0.05, 0) is 43.3 Å². The molecule has 2 aromatic rings. The van der Waals surface area contributed by atoms with Crippen LogP contribution in [0.15, 0.2) is 47.4 Å². The van der Waals surface area contributed by atoms with Crippen LogP contribution in [-0.2, 0) is 6.54 Å². The number of hydrogen-bond acceptors (Lipinski definition) is 3. The molecular weight excluding hydrogens is 244 g/mol. The first-order valence-electron chi connectivity index (χ1n) is 5.65. The number of pyridine rings is 1. The van der Waals surface area contributed by atoms with Crippen molar-refractivity contribution in [1.82, 2.24) is 10.3 Å². The van der Waals surface area contributed by atoms with Gasteiger partial charge in [0.2, 0.25) is 0 Å². The van der Waals surface area contributed by atoms with Crippen molar-refractivity contribution in [3.05, 3.63) is 59.4 Å². The first-order valence-corrected chi connectivity index (χ1v) is 6.09. The van der Waals surface area contributed by atoms with E-state index in [1.807, 2.05) is 25.1 Å². The van der Waals surface area contributed by atoms with Crippen LogP contribution in [0.5, 0.6) is 0 Å². The van der Waals surface area contributed by atoms with Crippen molar-refractivity contribution in [2.75, 3.05) is 0 Å². The van der Waals surface area contributed by atoms with E-state index in [9.17, 15) is 4.79 Å². The Morgan fingerprint density at radius 3 is 2.61 bits per heavy atom. The molecule has 3 nitrogen and oxygen atoms in total. The van der Waals surface area contributed by atoms with Crippen molar-refractivity contribution >= 4 is 18.5 Å². The summed E-state index contributed by atoms with van der Waals surface area (Å²) in [6.45, 7) is 2.36. The average molecular weight is 258 g/mol. The highest BCUT2D eigenvalue weighted by atomic mass is 32.1. The van der Waals surface area contributed by atoms with Crippen LogP contribution in [0.3, 0.4) is 0 Å². The third-order valence-electron chi connectivity index (χ3n) is 2.51. The normalized spacial score (nSPS) is 10.1. The molecule has 0 aliphatic carbocycles. The summed E-state index contributed by atoms with van der Waals surface area (Å²) in [7, 11) is 0. The van der Waals surface area contributed by atoms with E-state index in [1.54, 1.807) is 24.3 Å². The molecule has 4 heteroatoms. The standard InChI is InChI=1S/C14H14N2OS/c1-10-3-2-4-12(16-10)9-15-14(17)11-5-7-13(18)8-6-11/h2-8,18H,9H2,1H3,(H,15,17). The van der Waals surface area contributed by atoms with Gasteiger partial charge in [-0.2, -0.15) is 0 Å². The number of nitrogens with zero attached hydrogens (tertiary/aromatic N) is 1. The quantitative estimate of drug-likeness (QED) is 0.831. The van der Waals surface area contributed by atoms with Gasteiger partial charge >= 0.3 is 0 Å². The summed E-state index contributed by atoms with van der Waals surface area (Å²) in [6, 6.07) is 12.8. The van der Waals surface area contributed by atoms with Crippen LogP contribution in [0.4, 0.5) is 0 Å². The van der Waals surface area contributed by atoms with Crippen LogP contribution in [0.2, 0.25) is 0 Å². The Balaban J connectivity index is 1.98. The number of benzene rings is 1. The largest absolute Gasteiger partial charge is 0.346 e. The van der Waals surface area contributed by atoms with Gasteiger partial charge in [0.1, 0.15) is 0 Å². The number of rotatable bonds is 3. The lowest BCUT2D eigenvalue weighted by atomic mass is 10.2. The summed E-state index contributed by atoms with van der Waals surface area (Å²) < 4.78 is 0. The molecule has 0 atom stereocenters. The Bertz CT molecular complexity index is 552. The second kappa shape index (κ2) is 5.69. The topological polar surface area (TPSA) is 42.0 Å². The maximum absolute atomic E-state index is 11.9. The predicted octanol–water partition coefficient (Wildman–Crippen LogP) is 2.61. The van der Waals surface area contributed by atoms with Crippen LogP contribution < -0.4 is 5.32 Å². The minimum Gasteiger partial charge on any atom is -0.346 e. The Labute approximate surface area is 112 Å². The molecule has 0 bridgehead atoms. The first kappa shape index (κ1) is 12.6. The van der Waals surface area contributed by atoms with Gasteiger partial charge < -0.3 is 5.32 Å². The highest BCUT2D eigenvalue weighted by molar-refractivity contribution is 7.80. The number of hydrogen-bond donors (Lipinski definition) is 2. The molecule has 1 aromatic heterocycles. The van der Waals surface area contributed by atoms with Gasteiger partial charge in [0.05, 0.1) is 12.2 Å². The number of thiol groups is 1. The lowest BCUT2D eigenvalue weighted by Crippen LogP contribution is -2.23. The van der Waals surface area contributed by atoms with Gasteiger partial charge in [0.25, 0.3) is 5.91 Å². The molecule has 18 heavy (non-hydrogen) atoms. The van der Waals surface area contributed by atoms with Gasteiger partial charge in [-0.3, -0.25) is 9.78 Å². The van der Waals surface area contributed by atoms with Gasteiger partial charge in [-0.25, -0.2) is 0 Å². The zero-order valence-electron chi connectivity index (χ0n) is 10.1. The van der Waals surface area contributed by atoms with Crippen molar-refractivity contribution in [1.29, 1.82) is 0 Å². The molecule has 0 saturated heterocycles. The molecule has 0 fully saturated rings. The van der Waals surface area contributed by atoms with Crippen molar-refractivity contribution in [2.24, 2.45) is 0 Å². The number of carbonyl (C=O) groups excluding carboxylic acids is 1. The fourth-order valence-electron chi connectivity index (χ4n) is 1.58. The highest BCUT2D eigenvalue weighted by Gasteiger charge is 2.04. The van der Waals surface area contributed by atoms with Gasteiger partial charge in [-0.1, -0.05) is 6.07 Å². The van der Waals surface area contributed by atoms with E-state index >= 15 is 0 Å². The van der Waals surface area contributed by atoms with Gasteiger partial charge in [-0.15, -0.1) is 12.6 Å². The van der Waals surface area contributed by atoms with E-state index in [-0.39, 0.29) is 5.91 Å². The fraction of sp³-hybridized carbons (Fsp3) is 0.143. The van der Waals surface area contributed by atoms with Crippen molar-refractivity contribution in [2.45, 2.75) is 18.4 Å². The lowest BCUT2D eigenvalue weighted by Gasteiger charge is -2.05. The Kier molecular flexibility index (Phi) is 3.99. The van der Waals surface area contributed by atoms with Crippen LogP contribution in [-0.4, -0.2) is 10.9 Å². The highest BCUT2D eigenvalue weighted by Crippen LogP contribution is 2.07. The summed E-state index contributed by atoms with van der Waals surface area (Å²) in [5.74, 6) is -0.105. The molecule has 0 saturated carbocycles. The molecule has 0 radical (unpaired) electrons. The van der Waals surface area contributed by atoms with Crippen LogP contribution >= 0.6 is 12.6 Å². The number of aryl methyl sites for hydroxylation is 1. The molecule has 2 rings (SSSR count). The molecule has 0 aliphatic rings. The molecule has 0 spiro atoms. The number of carbonyl (C=O) groups is 1. The molecule has 92 valence electrons. The summed E-state index contributed by atoms with van der Waals surface area (Å²) in [4.78, 5) is 17.0. The maximum atomic E-state index is 11.9. The van der Waals surface area contributed by atoms with E-state index in [1.165, 1.54) is 0 Å². The monoisotopic (exact) mass is 258 g/mol. The summed E-state index contributed by atoms with van der Waals surface area (Å²) in [5.41, 5.74) is 2.43. The van der Waals surface area contributed by atoms with E-state index < -0.39 is 0 Å². The average Bonchev–Trinajstić information content (AvgIpc) is 2.37. The van der Waals surface area contributed by atoms with Crippen molar-refractivity contribution in [3.63, 3.8) is 0 Å². The Hall–Kier alpha value is -1.81. The van der Waals surface area contributed by atoms with Gasteiger partial charge in [0, 0.05) is 16.2 Å². The minimum atomic E-state index is -0.105. The SMILES string of the molecule is Cc1cccc(CNC(=O)c2ccc(S)cc2)n1. The van der Waals surface area contributed by atoms with Crippen molar-refractivity contribution < 1.29 is 4.79 Å². The molecular formula is C14H14N2OS. The van der Waals surface area contributed by atoms with Crippen LogP contribution in [0, 0.1) is 6.92 Å². The first-order chi connectivity index (χ1) is 8.65. The second-order valence-corrected chi connectivity index (χ2v) is 4.52. The van der Waals surface area contributed by atoms with E-state index in [0.717, 1.165) is 16.3 Å². The number of nitrogens with one attached hydrogen (secondary N) is 1. The van der Waals surface area contributed by atoms with E-state index in [0.29, 0.717) is 12.1 Å². The third-order valence-corrected chi connectivity index (χ3v) is 2.80. The zero-order valence-corrected chi connectivity index (χ0v) is 10.9. The molecule has 0 unspecified atom stereocenters. The zero-order chi connectivity index (χ0) is 13.0. The summed E-state index contributed by atoms with van der Waals surface area (Å²) >= 11 is 4.18. The number of aromatic nitrogens is 1. The fourth-order valence-corrected chi connectivity index (χ4v) is 1.73. The molecule has 1 amide bonds. The lowest BCUT2D eigenvalue weighted by molar-refractivity contribution is 0.0950. The predicted molar refractivity (Wildman–Crippen MR) is 73.8 cm³/mol. The molecule has 1 aromatic carbocycles. The van der Waals surface area contributed by atoms with Crippen LogP contribution in [0.1, 0.15) is 21.7 Å². The molecule has 0 aliphatic heterocycles. The molecule has 1 heterocycles. The van der Waals surface area contributed by atoms with Crippen LogP contribution in [0.25, 0.3) is 0 Å². The Morgan fingerprint density at radius 1 is 1.22 bits per heavy atom. The van der Waals surface area contributed by atoms with E-state index in [2.05, 4.69) is 22.9 Å². The van der Waals surface area contributed by atoms with Crippen molar-refractivity contribution in [3.8, 4) is 0 Å². The maximum Gasteiger partial charge on any atom is 0.251 e. The van der Waals surface area contributed by atoms with Gasteiger partial charge in [0.15, 0.2) is 0 Å². The summed E-state index contributed by atoms with van der Waals surface area (Å²) in [6.07, 6.45) is 0. The third kappa shape index (κ3) is 3.34.